The molecule has 1 saturated carbocycles. The molecule has 2 atom stereocenters. The van der Waals surface area contributed by atoms with E-state index in [1.54, 1.807) is 18.7 Å². The van der Waals surface area contributed by atoms with Crippen LogP contribution in [-0.2, 0) is 0 Å². The Hall–Kier alpha value is -2.66. The number of carbonyl (C=O) groups is 2. The summed E-state index contributed by atoms with van der Waals surface area (Å²) in [5.41, 5.74) is -1.35. The van der Waals surface area contributed by atoms with E-state index in [9.17, 15) is 23.5 Å². The van der Waals surface area contributed by atoms with Gasteiger partial charge in [-0.25, -0.2) is 18.7 Å². The Labute approximate surface area is 219 Å². The Morgan fingerprint density at radius 1 is 1.27 bits per heavy atom. The van der Waals surface area contributed by atoms with E-state index in [-0.39, 0.29) is 51.2 Å². The van der Waals surface area contributed by atoms with E-state index in [0.717, 1.165) is 43.4 Å². The lowest BCUT2D eigenvalue weighted by Gasteiger charge is -2.33. The molecule has 2 aliphatic rings. The van der Waals surface area contributed by atoms with Gasteiger partial charge in [-0.1, -0.05) is 0 Å². The highest BCUT2D eigenvalue weighted by molar-refractivity contribution is 7.17. The van der Waals surface area contributed by atoms with Gasteiger partial charge >= 0.3 is 0 Å². The summed E-state index contributed by atoms with van der Waals surface area (Å²) in [5.74, 6) is -0.102. The molecule has 1 aliphatic carbocycles. The molecule has 2 amide bonds. The van der Waals surface area contributed by atoms with Crippen LogP contribution in [0.5, 0.6) is 0 Å². The van der Waals surface area contributed by atoms with Crippen LogP contribution in [0.1, 0.15) is 92.1 Å². The second kappa shape index (κ2) is 11.0. The zero-order valence-corrected chi connectivity index (χ0v) is 22.5. The number of amides is 2. The highest BCUT2D eigenvalue weighted by Gasteiger charge is 2.33. The predicted octanol–water partition coefficient (Wildman–Crippen LogP) is 4.87. The second-order valence-electron chi connectivity index (χ2n) is 10.8. The van der Waals surface area contributed by atoms with E-state index in [1.165, 1.54) is 12.3 Å². The smallest absolute Gasteiger partial charge is 0.280 e. The highest BCUT2D eigenvalue weighted by Crippen LogP contribution is 2.39. The fraction of sp³-hybridized carbons (Fsp3) is 0.615. The molecule has 0 radical (unpaired) electrons. The van der Waals surface area contributed by atoms with Crippen molar-refractivity contribution in [2.75, 3.05) is 18.4 Å². The van der Waals surface area contributed by atoms with Crippen LogP contribution in [0.3, 0.4) is 0 Å². The van der Waals surface area contributed by atoms with Crippen LogP contribution in [0.2, 0.25) is 0 Å². The summed E-state index contributed by atoms with van der Waals surface area (Å²) in [6.45, 7) is 7.57. The molecule has 4 rings (SSSR count). The Bertz CT molecular complexity index is 1150. The summed E-state index contributed by atoms with van der Waals surface area (Å²) in [7, 11) is 0. The third-order valence-corrected chi connectivity index (χ3v) is 7.98. The first kappa shape index (κ1) is 27.4. The van der Waals surface area contributed by atoms with E-state index in [1.807, 2.05) is 13.8 Å². The monoisotopic (exact) mass is 535 g/mol. The van der Waals surface area contributed by atoms with E-state index in [2.05, 4.69) is 20.6 Å². The lowest BCUT2D eigenvalue weighted by atomic mass is 10.0. The van der Waals surface area contributed by atoms with Gasteiger partial charge in [0.25, 0.3) is 18.2 Å². The van der Waals surface area contributed by atoms with Gasteiger partial charge in [0.2, 0.25) is 0 Å². The topological polar surface area (TPSA) is 107 Å². The molecule has 0 aromatic carbocycles. The third-order valence-electron chi connectivity index (χ3n) is 6.89. The van der Waals surface area contributed by atoms with E-state index in [0.29, 0.717) is 18.3 Å². The minimum Gasteiger partial charge on any atom is -0.389 e. The molecule has 3 N–H and O–H groups in total. The molecule has 1 unspecified atom stereocenters. The summed E-state index contributed by atoms with van der Waals surface area (Å²) in [5, 5.41) is 15.8. The third kappa shape index (κ3) is 6.62. The van der Waals surface area contributed by atoms with Gasteiger partial charge in [0.05, 0.1) is 10.5 Å². The van der Waals surface area contributed by atoms with Crippen molar-refractivity contribution in [1.82, 2.24) is 20.2 Å². The van der Waals surface area contributed by atoms with E-state index < -0.39 is 17.9 Å². The van der Waals surface area contributed by atoms with Crippen LogP contribution in [-0.4, -0.2) is 62.6 Å². The lowest BCUT2D eigenvalue weighted by Crippen LogP contribution is -2.42. The molecule has 1 saturated heterocycles. The second-order valence-corrected chi connectivity index (χ2v) is 11.8. The molecule has 3 heterocycles. The Morgan fingerprint density at radius 2 is 2.00 bits per heavy atom. The first-order chi connectivity index (χ1) is 17.4. The number of nitrogens with one attached hydrogen (secondary N) is 2. The number of carbonyl (C=O) groups excluding carboxylic acids is 2. The van der Waals surface area contributed by atoms with Crippen LogP contribution in [0.15, 0.2) is 12.3 Å². The average molecular weight is 536 g/mol. The number of piperidine rings is 1. The molecular weight excluding hydrogens is 500 g/mol. The molecular formula is C26H35F2N5O3S. The quantitative estimate of drug-likeness (QED) is 0.423. The number of thiazole rings is 1. The van der Waals surface area contributed by atoms with Crippen LogP contribution < -0.4 is 10.6 Å². The maximum absolute atomic E-state index is 14.3. The van der Waals surface area contributed by atoms with Gasteiger partial charge in [0, 0.05) is 42.5 Å². The van der Waals surface area contributed by atoms with Crippen LogP contribution >= 0.6 is 11.3 Å². The number of aromatic nitrogens is 2. The van der Waals surface area contributed by atoms with Crippen molar-refractivity contribution in [2.45, 2.75) is 83.9 Å². The number of halogens is 2. The van der Waals surface area contributed by atoms with Gasteiger partial charge in [-0.05, 0) is 71.8 Å². The molecule has 0 spiro atoms. The Kier molecular flexibility index (Phi) is 8.13. The summed E-state index contributed by atoms with van der Waals surface area (Å²) in [6, 6.07) is 1.42. The number of nitrogens with zero attached hydrogens (tertiary/aromatic N) is 3. The molecule has 2 fully saturated rings. The van der Waals surface area contributed by atoms with Crippen molar-refractivity contribution in [3.8, 4) is 10.4 Å². The number of hydrogen-bond acceptors (Lipinski definition) is 7. The fourth-order valence-corrected chi connectivity index (χ4v) is 5.53. The largest absolute Gasteiger partial charge is 0.389 e. The predicted molar refractivity (Wildman–Crippen MR) is 139 cm³/mol. The summed E-state index contributed by atoms with van der Waals surface area (Å²) in [4.78, 5) is 37.1. The van der Waals surface area contributed by atoms with Crippen LogP contribution in [0.4, 0.5) is 14.6 Å². The van der Waals surface area contributed by atoms with E-state index >= 15 is 0 Å². The highest BCUT2D eigenvalue weighted by atomic mass is 32.1. The van der Waals surface area contributed by atoms with Crippen molar-refractivity contribution in [3.63, 3.8) is 0 Å². The number of likely N-dealkylation sites (tertiary alicyclic amines) is 1. The fourth-order valence-electron chi connectivity index (χ4n) is 4.52. The minimum atomic E-state index is -2.82. The molecule has 0 bridgehead atoms. The zero-order valence-electron chi connectivity index (χ0n) is 21.7. The molecule has 1 aliphatic heterocycles. The van der Waals surface area contributed by atoms with Crippen molar-refractivity contribution in [1.29, 1.82) is 0 Å². The molecule has 11 heteroatoms. The summed E-state index contributed by atoms with van der Waals surface area (Å²) >= 11 is 0.885. The van der Waals surface area contributed by atoms with Crippen molar-refractivity contribution in [2.24, 2.45) is 5.92 Å². The zero-order chi connectivity index (χ0) is 26.9. The number of hydrogen-bond donors (Lipinski definition) is 3. The van der Waals surface area contributed by atoms with Crippen molar-refractivity contribution in [3.05, 3.63) is 28.5 Å². The first-order valence-corrected chi connectivity index (χ1v) is 13.6. The van der Waals surface area contributed by atoms with Crippen LogP contribution in [0.25, 0.3) is 10.4 Å². The number of pyridine rings is 1. The lowest BCUT2D eigenvalue weighted by molar-refractivity contribution is 0.0630. The van der Waals surface area contributed by atoms with Gasteiger partial charge in [-0.15, -0.1) is 11.3 Å². The summed E-state index contributed by atoms with van der Waals surface area (Å²) < 4.78 is 28.6. The molecule has 8 nitrogen and oxygen atoms in total. The van der Waals surface area contributed by atoms with Gasteiger partial charge < -0.3 is 20.6 Å². The van der Waals surface area contributed by atoms with Crippen molar-refractivity contribution >= 4 is 29.0 Å². The van der Waals surface area contributed by atoms with Gasteiger partial charge in [-0.3, -0.25) is 9.59 Å². The van der Waals surface area contributed by atoms with Crippen molar-refractivity contribution < 1.29 is 23.5 Å². The maximum atomic E-state index is 14.3. The standard InChI is InChI=1S/C26H35F2N5O3S/c1-14-7-5-6-10-33(14)25(35)20-21(37-24(32-20)23(34)30-13-26(3,4)36)18-12-29-19(11-17(18)22(27)28)31-15(2)16-8-9-16/h11-12,14-16,22,36H,5-10,13H2,1-4H3,(H,29,31)(H,30,34)/t14?,15-/m0/s1. The Balaban J connectivity index is 1.73. The number of anilines is 1. The Morgan fingerprint density at radius 3 is 2.62 bits per heavy atom. The summed E-state index contributed by atoms with van der Waals surface area (Å²) in [6.07, 6.45) is 3.42. The van der Waals surface area contributed by atoms with Gasteiger partial charge in [0.1, 0.15) is 11.5 Å². The molecule has 2 aromatic heterocycles. The van der Waals surface area contributed by atoms with Crippen LogP contribution in [0, 0.1) is 5.92 Å². The first-order valence-electron chi connectivity index (χ1n) is 12.8. The SMILES string of the molecule is CC1CCCCN1C(=O)c1nc(C(=O)NCC(C)(C)O)sc1-c1cnc(N[C@@H](C)C2CC2)cc1C(F)F. The molecule has 202 valence electrons. The van der Waals surface area contributed by atoms with Gasteiger partial charge in [0.15, 0.2) is 5.01 Å². The number of alkyl halides is 2. The maximum Gasteiger partial charge on any atom is 0.280 e. The van der Waals surface area contributed by atoms with Gasteiger partial charge in [-0.2, -0.15) is 0 Å². The number of rotatable bonds is 9. The average Bonchev–Trinajstić information content (AvgIpc) is 3.60. The normalized spacial score (nSPS) is 19.1. The number of aliphatic hydroxyl groups is 1. The minimum absolute atomic E-state index is 0.0218. The molecule has 37 heavy (non-hydrogen) atoms. The van der Waals surface area contributed by atoms with E-state index in [4.69, 9.17) is 0 Å². The molecule has 2 aromatic rings.